The first-order valence-electron chi connectivity index (χ1n) is 14.6. The number of rotatable bonds is 6. The first kappa shape index (κ1) is 25.9. The van der Waals surface area contributed by atoms with Crippen LogP contribution in [0.25, 0.3) is 32.3 Å². The van der Waals surface area contributed by atoms with Crippen LogP contribution < -0.4 is 9.80 Å². The molecule has 2 nitrogen and oxygen atoms in total. The van der Waals surface area contributed by atoms with Gasteiger partial charge in [0.05, 0.1) is 0 Å². The van der Waals surface area contributed by atoms with E-state index in [0.29, 0.717) is 0 Å². The number of anilines is 6. The number of nitrogens with zero attached hydrogens (tertiary/aromatic N) is 2. The Kier molecular flexibility index (Phi) is 6.20. The molecule has 0 unspecified atom stereocenters. The highest BCUT2D eigenvalue weighted by Gasteiger charge is 2.19. The van der Waals surface area contributed by atoms with Crippen LogP contribution in [-0.4, -0.2) is 0 Å². The normalized spacial score (nSPS) is 11.4. The fourth-order valence-electron chi connectivity index (χ4n) is 6.29. The summed E-state index contributed by atoms with van der Waals surface area (Å²) < 4.78 is 27.8. The van der Waals surface area contributed by atoms with E-state index >= 15 is 0 Å². The van der Waals surface area contributed by atoms with Gasteiger partial charge in [-0.25, -0.2) is 8.78 Å². The van der Waals surface area contributed by atoms with Crippen LogP contribution >= 0.6 is 0 Å². The third-order valence-electron chi connectivity index (χ3n) is 8.22. The maximum Gasteiger partial charge on any atom is 0.123 e. The van der Waals surface area contributed by atoms with Crippen LogP contribution in [-0.2, 0) is 0 Å². The molecule has 0 saturated heterocycles. The molecule has 4 heteroatoms. The molecule has 8 aromatic rings. The van der Waals surface area contributed by atoms with Crippen LogP contribution in [0.5, 0.6) is 0 Å². The van der Waals surface area contributed by atoms with Crippen molar-refractivity contribution in [1.82, 2.24) is 0 Å². The molecular formula is C40H26F2N2. The lowest BCUT2D eigenvalue weighted by molar-refractivity contribution is 0.627. The van der Waals surface area contributed by atoms with Gasteiger partial charge in [0.1, 0.15) is 11.6 Å². The van der Waals surface area contributed by atoms with Gasteiger partial charge in [-0.05, 0) is 129 Å². The van der Waals surface area contributed by atoms with E-state index in [1.807, 2.05) is 60.7 Å². The van der Waals surface area contributed by atoms with E-state index in [1.165, 1.54) is 35.0 Å². The van der Waals surface area contributed by atoms with E-state index in [9.17, 15) is 8.78 Å². The molecule has 0 aromatic heterocycles. The summed E-state index contributed by atoms with van der Waals surface area (Å²) in [6.07, 6.45) is 0. The minimum absolute atomic E-state index is 0.262. The molecule has 0 aliphatic heterocycles. The second-order valence-corrected chi connectivity index (χ2v) is 11.0. The Labute approximate surface area is 254 Å². The molecule has 0 bridgehead atoms. The van der Waals surface area contributed by atoms with Crippen molar-refractivity contribution in [2.45, 2.75) is 0 Å². The summed E-state index contributed by atoms with van der Waals surface area (Å²) >= 11 is 0. The zero-order valence-electron chi connectivity index (χ0n) is 23.7. The van der Waals surface area contributed by atoms with Crippen molar-refractivity contribution in [2.24, 2.45) is 0 Å². The molecule has 0 spiro atoms. The Morgan fingerprint density at radius 2 is 0.591 bits per heavy atom. The molecule has 44 heavy (non-hydrogen) atoms. The van der Waals surface area contributed by atoms with Gasteiger partial charge in [0.15, 0.2) is 0 Å². The zero-order valence-corrected chi connectivity index (χ0v) is 23.7. The highest BCUT2D eigenvalue weighted by Crippen LogP contribution is 2.44. The Morgan fingerprint density at radius 1 is 0.295 bits per heavy atom. The van der Waals surface area contributed by atoms with Crippen LogP contribution in [0, 0.1) is 11.6 Å². The smallest absolute Gasteiger partial charge is 0.123 e. The molecule has 8 rings (SSSR count). The quantitative estimate of drug-likeness (QED) is 0.183. The van der Waals surface area contributed by atoms with Crippen LogP contribution in [0.3, 0.4) is 0 Å². The lowest BCUT2D eigenvalue weighted by Gasteiger charge is -2.27. The average Bonchev–Trinajstić information content (AvgIpc) is 3.06. The first-order valence-corrected chi connectivity index (χ1v) is 14.6. The number of hydrogen-bond acceptors (Lipinski definition) is 2. The van der Waals surface area contributed by atoms with Gasteiger partial charge in [-0.2, -0.15) is 0 Å². The van der Waals surface area contributed by atoms with Gasteiger partial charge in [0.25, 0.3) is 0 Å². The predicted molar refractivity (Wildman–Crippen MR) is 179 cm³/mol. The van der Waals surface area contributed by atoms with Gasteiger partial charge >= 0.3 is 0 Å². The summed E-state index contributed by atoms with van der Waals surface area (Å²) in [6, 6.07) is 51.1. The van der Waals surface area contributed by atoms with Crippen molar-refractivity contribution < 1.29 is 8.78 Å². The topological polar surface area (TPSA) is 6.48 Å². The molecule has 0 N–H and O–H groups in total. The van der Waals surface area contributed by atoms with Crippen molar-refractivity contribution in [3.8, 4) is 0 Å². The average molecular weight is 573 g/mol. The molecule has 0 radical (unpaired) electrons. The molecule has 210 valence electrons. The van der Waals surface area contributed by atoms with E-state index in [1.54, 1.807) is 0 Å². The van der Waals surface area contributed by atoms with Gasteiger partial charge < -0.3 is 9.80 Å². The van der Waals surface area contributed by atoms with Crippen molar-refractivity contribution >= 4 is 66.4 Å². The van der Waals surface area contributed by atoms with Crippen molar-refractivity contribution in [3.05, 3.63) is 169 Å². The second-order valence-electron chi connectivity index (χ2n) is 11.0. The van der Waals surface area contributed by atoms with Crippen molar-refractivity contribution in [2.75, 3.05) is 9.80 Å². The molecule has 0 aliphatic carbocycles. The van der Waals surface area contributed by atoms with Gasteiger partial charge in [-0.1, -0.05) is 60.7 Å². The fourth-order valence-corrected chi connectivity index (χ4v) is 6.29. The highest BCUT2D eigenvalue weighted by molar-refractivity contribution is 6.24. The third-order valence-corrected chi connectivity index (χ3v) is 8.22. The van der Waals surface area contributed by atoms with Crippen LogP contribution in [0.15, 0.2) is 158 Å². The summed E-state index contributed by atoms with van der Waals surface area (Å²) in [5.74, 6) is -0.524. The summed E-state index contributed by atoms with van der Waals surface area (Å²) in [6.45, 7) is 0. The number of hydrogen-bond donors (Lipinski definition) is 0. The SMILES string of the molecule is Fc1ccc(N(c2ccccc2)c2cc3ccc4cc(N(c5ccccc5)c5ccc(F)cc5)cc5ccc(c2)c3c45)cc1. The summed E-state index contributed by atoms with van der Waals surface area (Å²) in [5.41, 5.74) is 5.77. The lowest BCUT2D eigenvalue weighted by Crippen LogP contribution is -2.10. The second kappa shape index (κ2) is 10.5. The van der Waals surface area contributed by atoms with E-state index < -0.39 is 0 Å². The molecule has 0 heterocycles. The Balaban J connectivity index is 1.31. The van der Waals surface area contributed by atoms with E-state index in [-0.39, 0.29) is 11.6 Å². The van der Waals surface area contributed by atoms with Crippen molar-refractivity contribution in [3.63, 3.8) is 0 Å². The molecule has 0 aliphatic rings. The summed E-state index contributed by atoms with van der Waals surface area (Å²) in [7, 11) is 0. The fraction of sp³-hybridized carbons (Fsp3) is 0. The molecule has 8 aromatic carbocycles. The lowest BCUT2D eigenvalue weighted by atomic mass is 9.93. The third kappa shape index (κ3) is 4.48. The van der Waals surface area contributed by atoms with Gasteiger partial charge in [0, 0.05) is 34.1 Å². The Bertz CT molecular complexity index is 2000. The zero-order chi connectivity index (χ0) is 29.6. The highest BCUT2D eigenvalue weighted by atomic mass is 19.1. The molecular weight excluding hydrogens is 546 g/mol. The summed E-state index contributed by atoms with van der Waals surface area (Å²) in [4.78, 5) is 4.32. The summed E-state index contributed by atoms with van der Waals surface area (Å²) in [5, 5.41) is 6.93. The number of halogens is 2. The van der Waals surface area contributed by atoms with E-state index in [2.05, 4.69) is 82.6 Å². The Morgan fingerprint density at radius 3 is 0.909 bits per heavy atom. The standard InChI is InChI=1S/C40H26F2N2/c41-31-15-19-35(20-16-31)43(33-7-3-1-4-8-33)37-23-27-11-13-29-25-38(26-30-14-12-28(24-37)39(27)40(29)30)44(34-9-5-2-6-10-34)36-21-17-32(42)18-22-36/h1-26H. The largest absolute Gasteiger partial charge is 0.310 e. The number of benzene rings is 8. The minimum atomic E-state index is -0.262. The number of para-hydroxylation sites is 2. The van der Waals surface area contributed by atoms with Gasteiger partial charge in [0.2, 0.25) is 0 Å². The van der Waals surface area contributed by atoms with Crippen LogP contribution in [0.4, 0.5) is 42.9 Å². The van der Waals surface area contributed by atoms with E-state index in [4.69, 9.17) is 0 Å². The molecule has 0 saturated carbocycles. The minimum Gasteiger partial charge on any atom is -0.310 e. The van der Waals surface area contributed by atoms with Crippen LogP contribution in [0.2, 0.25) is 0 Å². The van der Waals surface area contributed by atoms with Gasteiger partial charge in [-0.3, -0.25) is 0 Å². The van der Waals surface area contributed by atoms with E-state index in [0.717, 1.165) is 55.7 Å². The first-order chi connectivity index (χ1) is 21.6. The monoisotopic (exact) mass is 572 g/mol. The molecule has 0 amide bonds. The maximum atomic E-state index is 13.9. The van der Waals surface area contributed by atoms with Gasteiger partial charge in [-0.15, -0.1) is 0 Å². The molecule has 0 fully saturated rings. The van der Waals surface area contributed by atoms with Crippen molar-refractivity contribution in [1.29, 1.82) is 0 Å². The Hall–Kier alpha value is -5.74. The maximum absolute atomic E-state index is 13.9. The molecule has 0 atom stereocenters. The van der Waals surface area contributed by atoms with Crippen LogP contribution in [0.1, 0.15) is 0 Å². The predicted octanol–water partition coefficient (Wildman–Crippen LogP) is 11.8.